The van der Waals surface area contributed by atoms with Crippen LogP contribution in [0.2, 0.25) is 0 Å². The minimum Gasteiger partial charge on any atom is -0.303 e. The monoisotopic (exact) mass is 152 g/mol. The topological polar surface area (TPSA) is 34.9 Å². The van der Waals surface area contributed by atoms with Gasteiger partial charge in [-0.2, -0.15) is 5.10 Å². The quantitative estimate of drug-likeness (QED) is 0.610. The van der Waals surface area contributed by atoms with E-state index in [2.05, 4.69) is 18.9 Å². The van der Waals surface area contributed by atoms with Crippen LogP contribution in [-0.4, -0.2) is 16.1 Å². The van der Waals surface area contributed by atoms with E-state index in [9.17, 15) is 4.79 Å². The molecule has 1 aromatic heterocycles. The molecule has 0 saturated carbocycles. The van der Waals surface area contributed by atoms with Gasteiger partial charge in [-0.1, -0.05) is 0 Å². The summed E-state index contributed by atoms with van der Waals surface area (Å²) in [4.78, 5) is 10.1. The van der Waals surface area contributed by atoms with Gasteiger partial charge in [0, 0.05) is 18.7 Å². The zero-order chi connectivity index (χ0) is 8.27. The molecule has 0 aromatic carbocycles. The van der Waals surface area contributed by atoms with Gasteiger partial charge in [0.2, 0.25) is 0 Å². The summed E-state index contributed by atoms with van der Waals surface area (Å²) in [6.07, 6.45) is 3.18. The lowest BCUT2D eigenvalue weighted by Gasteiger charge is -2.02. The maximum atomic E-state index is 10.1. The predicted octanol–water partition coefficient (Wildman–Crippen LogP) is 1.21. The van der Waals surface area contributed by atoms with Crippen molar-refractivity contribution in [3.8, 4) is 0 Å². The second-order valence-electron chi connectivity index (χ2n) is 2.75. The lowest BCUT2D eigenvalue weighted by Crippen LogP contribution is -2.01. The van der Waals surface area contributed by atoms with Crippen LogP contribution in [0.5, 0.6) is 0 Å². The molecule has 0 N–H and O–H groups in total. The van der Waals surface area contributed by atoms with Crippen LogP contribution in [-0.2, 0) is 11.2 Å². The largest absolute Gasteiger partial charge is 0.303 e. The Balaban J connectivity index is 2.73. The van der Waals surface area contributed by atoms with Gasteiger partial charge in [0.05, 0.1) is 5.69 Å². The van der Waals surface area contributed by atoms with E-state index in [1.54, 1.807) is 0 Å². The van der Waals surface area contributed by atoms with Crippen molar-refractivity contribution in [3.63, 3.8) is 0 Å². The summed E-state index contributed by atoms with van der Waals surface area (Å²) >= 11 is 0. The summed E-state index contributed by atoms with van der Waals surface area (Å²) in [5, 5.41) is 4.18. The average molecular weight is 152 g/mol. The van der Waals surface area contributed by atoms with Gasteiger partial charge >= 0.3 is 0 Å². The molecule has 1 rings (SSSR count). The zero-order valence-electron chi connectivity index (χ0n) is 6.82. The highest BCUT2D eigenvalue weighted by Gasteiger charge is 1.99. The fourth-order valence-electron chi connectivity index (χ4n) is 0.859. The highest BCUT2D eigenvalue weighted by atomic mass is 16.1. The van der Waals surface area contributed by atoms with Crippen molar-refractivity contribution in [3.05, 3.63) is 18.0 Å². The van der Waals surface area contributed by atoms with E-state index in [0.717, 1.165) is 12.0 Å². The molecule has 60 valence electrons. The van der Waals surface area contributed by atoms with Crippen LogP contribution in [0.15, 0.2) is 12.3 Å². The molecule has 0 saturated heterocycles. The molecule has 0 fully saturated rings. The fourth-order valence-corrected chi connectivity index (χ4v) is 0.859. The fraction of sp³-hybridized carbons (Fsp3) is 0.500. The van der Waals surface area contributed by atoms with Crippen molar-refractivity contribution in [1.29, 1.82) is 0 Å². The number of carbonyl (C=O) groups is 1. The van der Waals surface area contributed by atoms with Gasteiger partial charge in [0.25, 0.3) is 0 Å². The Morgan fingerprint density at radius 3 is 2.91 bits per heavy atom. The third-order valence-electron chi connectivity index (χ3n) is 1.49. The number of nitrogens with zero attached hydrogens (tertiary/aromatic N) is 2. The summed E-state index contributed by atoms with van der Waals surface area (Å²) in [5.41, 5.74) is 0.841. The summed E-state index contributed by atoms with van der Waals surface area (Å²) in [6.45, 7) is 4.11. The molecule has 0 amide bonds. The SMILES string of the molecule is CC(C)n1ccc(CC=O)n1. The Bertz CT molecular complexity index is 240. The number of hydrogen-bond donors (Lipinski definition) is 0. The number of aldehydes is 1. The van der Waals surface area contributed by atoms with Crippen molar-refractivity contribution in [2.75, 3.05) is 0 Å². The lowest BCUT2D eigenvalue weighted by atomic mass is 10.3. The van der Waals surface area contributed by atoms with Crippen LogP contribution in [0.4, 0.5) is 0 Å². The van der Waals surface area contributed by atoms with Crippen molar-refractivity contribution in [1.82, 2.24) is 9.78 Å². The lowest BCUT2D eigenvalue weighted by molar-refractivity contribution is -0.107. The van der Waals surface area contributed by atoms with Gasteiger partial charge in [-0.25, -0.2) is 0 Å². The Labute approximate surface area is 66.0 Å². The molecule has 0 bridgehead atoms. The summed E-state index contributed by atoms with van der Waals surface area (Å²) in [5.74, 6) is 0. The smallest absolute Gasteiger partial charge is 0.126 e. The molecule has 1 heterocycles. The third kappa shape index (κ3) is 1.90. The summed E-state index contributed by atoms with van der Waals surface area (Å²) < 4.78 is 1.85. The predicted molar refractivity (Wildman–Crippen MR) is 42.4 cm³/mol. The number of aromatic nitrogens is 2. The molecule has 11 heavy (non-hydrogen) atoms. The molecule has 3 heteroatoms. The Morgan fingerprint density at radius 1 is 1.73 bits per heavy atom. The van der Waals surface area contributed by atoms with Gasteiger partial charge in [0.15, 0.2) is 0 Å². The molecule has 0 radical (unpaired) electrons. The van der Waals surface area contributed by atoms with Crippen molar-refractivity contribution < 1.29 is 4.79 Å². The van der Waals surface area contributed by atoms with Crippen LogP contribution < -0.4 is 0 Å². The van der Waals surface area contributed by atoms with Crippen LogP contribution in [0.1, 0.15) is 25.6 Å². The first-order chi connectivity index (χ1) is 5.24. The van der Waals surface area contributed by atoms with Crippen molar-refractivity contribution in [2.45, 2.75) is 26.3 Å². The second-order valence-corrected chi connectivity index (χ2v) is 2.75. The van der Waals surface area contributed by atoms with Gasteiger partial charge in [-0.15, -0.1) is 0 Å². The summed E-state index contributed by atoms with van der Waals surface area (Å²) in [6, 6.07) is 2.24. The third-order valence-corrected chi connectivity index (χ3v) is 1.49. The van der Waals surface area contributed by atoms with Gasteiger partial charge in [-0.3, -0.25) is 4.68 Å². The first-order valence-electron chi connectivity index (χ1n) is 3.71. The highest BCUT2D eigenvalue weighted by Crippen LogP contribution is 2.03. The van der Waals surface area contributed by atoms with E-state index >= 15 is 0 Å². The van der Waals surface area contributed by atoms with Crippen molar-refractivity contribution in [2.24, 2.45) is 0 Å². The number of hydrogen-bond acceptors (Lipinski definition) is 2. The van der Waals surface area contributed by atoms with Gasteiger partial charge in [-0.05, 0) is 19.9 Å². The minimum atomic E-state index is 0.371. The highest BCUT2D eigenvalue weighted by molar-refractivity contribution is 5.53. The minimum absolute atomic E-state index is 0.371. The van der Waals surface area contributed by atoms with Crippen molar-refractivity contribution >= 4 is 6.29 Å². The average Bonchev–Trinajstić information content (AvgIpc) is 2.37. The Kier molecular flexibility index (Phi) is 2.41. The molecule has 0 aliphatic heterocycles. The van der Waals surface area contributed by atoms with E-state index < -0.39 is 0 Å². The van der Waals surface area contributed by atoms with Crippen LogP contribution in [0.3, 0.4) is 0 Å². The summed E-state index contributed by atoms with van der Waals surface area (Å²) in [7, 11) is 0. The van der Waals surface area contributed by atoms with Crippen LogP contribution >= 0.6 is 0 Å². The van der Waals surface area contributed by atoms with E-state index in [0.29, 0.717) is 12.5 Å². The number of carbonyl (C=O) groups excluding carboxylic acids is 1. The van der Waals surface area contributed by atoms with E-state index in [-0.39, 0.29) is 0 Å². The normalized spacial score (nSPS) is 10.5. The standard InChI is InChI=1S/C8H12N2O/c1-7(2)10-5-3-8(9-10)4-6-11/h3,5-7H,4H2,1-2H3. The Hall–Kier alpha value is -1.12. The molecule has 3 nitrogen and oxygen atoms in total. The molecule has 0 atom stereocenters. The van der Waals surface area contributed by atoms with Crippen LogP contribution in [0.25, 0.3) is 0 Å². The van der Waals surface area contributed by atoms with E-state index in [1.165, 1.54) is 0 Å². The van der Waals surface area contributed by atoms with Gasteiger partial charge in [0.1, 0.15) is 6.29 Å². The molecule has 0 aliphatic rings. The number of rotatable bonds is 3. The maximum absolute atomic E-state index is 10.1. The molecule has 1 aromatic rings. The van der Waals surface area contributed by atoms with E-state index in [1.807, 2.05) is 16.9 Å². The zero-order valence-corrected chi connectivity index (χ0v) is 6.82. The van der Waals surface area contributed by atoms with Crippen LogP contribution in [0, 0.1) is 0 Å². The second kappa shape index (κ2) is 3.32. The van der Waals surface area contributed by atoms with Gasteiger partial charge < -0.3 is 4.79 Å². The molecular weight excluding hydrogens is 140 g/mol. The Morgan fingerprint density at radius 2 is 2.45 bits per heavy atom. The molecule has 0 aliphatic carbocycles. The first kappa shape index (κ1) is 7.98. The maximum Gasteiger partial charge on any atom is 0.126 e. The first-order valence-corrected chi connectivity index (χ1v) is 3.71. The molecular formula is C8H12N2O. The molecule has 0 unspecified atom stereocenters. The van der Waals surface area contributed by atoms with E-state index in [4.69, 9.17) is 0 Å². The molecule has 0 spiro atoms.